The molecule has 0 aromatic heterocycles. The summed E-state index contributed by atoms with van der Waals surface area (Å²) in [6.45, 7) is 4.05. The van der Waals surface area contributed by atoms with Gasteiger partial charge in [0.2, 0.25) is 0 Å². The Morgan fingerprint density at radius 2 is 1.86 bits per heavy atom. The van der Waals surface area contributed by atoms with Gasteiger partial charge in [-0.25, -0.2) is 0 Å². The number of carboxylic acids is 1. The maximum Gasteiger partial charge on any atom is 0.314 e. The van der Waals surface area contributed by atoms with Crippen molar-refractivity contribution in [2.24, 2.45) is 0 Å². The van der Waals surface area contributed by atoms with Crippen molar-refractivity contribution in [1.29, 1.82) is 0 Å². The average molecular weight is 292 g/mol. The van der Waals surface area contributed by atoms with Crippen LogP contribution >= 0.6 is 0 Å². The van der Waals surface area contributed by atoms with Crippen LogP contribution in [0.15, 0.2) is 12.1 Å². The Balaban J connectivity index is 2.65. The number of hydrogen-bond acceptors (Lipinski definition) is 3. The number of methoxy groups -OCH3 is 1. The Morgan fingerprint density at radius 3 is 2.33 bits per heavy atom. The highest BCUT2D eigenvalue weighted by atomic mass is 16.5. The number of aliphatic carboxylic acids is 1. The predicted molar refractivity (Wildman–Crippen MR) is 81.1 cm³/mol. The minimum absolute atomic E-state index is 0.0323. The van der Waals surface area contributed by atoms with Crippen LogP contribution in [0.4, 0.5) is 0 Å². The van der Waals surface area contributed by atoms with Crippen LogP contribution < -0.4 is 4.74 Å². The molecular formula is C17H24O4. The molecular weight excluding hydrogens is 268 g/mol. The molecule has 1 saturated carbocycles. The standard InChI is InChI=1S/C17H24O4/c1-11(2)12-9-13(15(21-3)14(18)10-12)17(16(19)20)7-5-4-6-8-17/h9-11,18H,4-8H2,1-3H3,(H,19,20). The first-order valence-electron chi connectivity index (χ1n) is 7.57. The highest BCUT2D eigenvalue weighted by Gasteiger charge is 2.44. The molecule has 0 atom stereocenters. The molecule has 1 aliphatic carbocycles. The molecule has 0 spiro atoms. The number of phenols is 1. The molecule has 21 heavy (non-hydrogen) atoms. The summed E-state index contributed by atoms with van der Waals surface area (Å²) in [7, 11) is 1.48. The lowest BCUT2D eigenvalue weighted by molar-refractivity contribution is -0.145. The van der Waals surface area contributed by atoms with Gasteiger partial charge in [-0.3, -0.25) is 4.79 Å². The van der Waals surface area contributed by atoms with Crippen LogP contribution in [0.5, 0.6) is 11.5 Å². The fraction of sp³-hybridized carbons (Fsp3) is 0.588. The Labute approximate surface area is 125 Å². The van der Waals surface area contributed by atoms with Gasteiger partial charge in [-0.05, 0) is 30.4 Å². The van der Waals surface area contributed by atoms with Gasteiger partial charge in [0.15, 0.2) is 11.5 Å². The van der Waals surface area contributed by atoms with E-state index in [1.165, 1.54) is 7.11 Å². The number of carbonyl (C=O) groups is 1. The zero-order valence-electron chi connectivity index (χ0n) is 13.0. The monoisotopic (exact) mass is 292 g/mol. The first kappa shape index (κ1) is 15.7. The molecule has 2 rings (SSSR count). The van der Waals surface area contributed by atoms with Crippen LogP contribution in [0.3, 0.4) is 0 Å². The zero-order valence-corrected chi connectivity index (χ0v) is 13.0. The normalized spacial score (nSPS) is 17.7. The first-order valence-corrected chi connectivity index (χ1v) is 7.57. The molecule has 116 valence electrons. The van der Waals surface area contributed by atoms with Gasteiger partial charge in [-0.15, -0.1) is 0 Å². The van der Waals surface area contributed by atoms with Crippen LogP contribution in [-0.2, 0) is 10.2 Å². The van der Waals surface area contributed by atoms with Gasteiger partial charge in [-0.1, -0.05) is 39.2 Å². The highest BCUT2D eigenvalue weighted by molar-refractivity contribution is 5.83. The fourth-order valence-corrected chi connectivity index (χ4v) is 3.29. The highest BCUT2D eigenvalue weighted by Crippen LogP contribution is 2.47. The van der Waals surface area contributed by atoms with E-state index in [9.17, 15) is 15.0 Å². The van der Waals surface area contributed by atoms with Gasteiger partial charge in [0.25, 0.3) is 0 Å². The summed E-state index contributed by atoms with van der Waals surface area (Å²) in [5.41, 5.74) is 0.627. The van der Waals surface area contributed by atoms with Crippen LogP contribution in [-0.4, -0.2) is 23.3 Å². The van der Waals surface area contributed by atoms with Crippen molar-refractivity contribution in [2.45, 2.75) is 57.3 Å². The summed E-state index contributed by atoms with van der Waals surface area (Å²) < 4.78 is 5.33. The zero-order chi connectivity index (χ0) is 15.6. The minimum Gasteiger partial charge on any atom is -0.504 e. The fourth-order valence-electron chi connectivity index (χ4n) is 3.29. The average Bonchev–Trinajstić information content (AvgIpc) is 2.46. The topological polar surface area (TPSA) is 66.8 Å². The molecule has 0 unspecified atom stereocenters. The lowest BCUT2D eigenvalue weighted by Crippen LogP contribution is -2.38. The first-order chi connectivity index (χ1) is 9.92. The molecule has 2 N–H and O–H groups in total. The Hall–Kier alpha value is -1.71. The maximum absolute atomic E-state index is 12.0. The molecule has 0 saturated heterocycles. The molecule has 4 heteroatoms. The minimum atomic E-state index is -0.939. The summed E-state index contributed by atoms with van der Waals surface area (Å²) >= 11 is 0. The van der Waals surface area contributed by atoms with Gasteiger partial charge in [0, 0.05) is 5.56 Å². The quantitative estimate of drug-likeness (QED) is 0.885. The van der Waals surface area contributed by atoms with E-state index in [0.717, 1.165) is 24.8 Å². The lowest BCUT2D eigenvalue weighted by Gasteiger charge is -2.35. The molecule has 0 radical (unpaired) electrons. The number of benzene rings is 1. The Bertz CT molecular complexity index is 528. The molecule has 0 amide bonds. The number of rotatable bonds is 4. The van der Waals surface area contributed by atoms with Gasteiger partial charge in [0.1, 0.15) is 0 Å². The van der Waals surface area contributed by atoms with Crippen molar-refractivity contribution in [1.82, 2.24) is 0 Å². The van der Waals surface area contributed by atoms with Crippen molar-refractivity contribution >= 4 is 5.97 Å². The molecule has 4 nitrogen and oxygen atoms in total. The SMILES string of the molecule is COc1c(O)cc(C(C)C)cc1C1(C(=O)O)CCCCC1. The summed E-state index contributed by atoms with van der Waals surface area (Å²) in [6, 6.07) is 3.58. The maximum atomic E-state index is 12.0. The molecule has 1 aromatic carbocycles. The number of carboxylic acid groups (broad SMARTS) is 1. The lowest BCUT2D eigenvalue weighted by atomic mass is 9.68. The van der Waals surface area contributed by atoms with E-state index < -0.39 is 11.4 Å². The third-order valence-electron chi connectivity index (χ3n) is 4.59. The number of phenolic OH excluding ortho intramolecular Hbond substituents is 1. The molecule has 0 bridgehead atoms. The van der Waals surface area contributed by atoms with E-state index in [1.807, 2.05) is 19.9 Å². The van der Waals surface area contributed by atoms with E-state index in [2.05, 4.69) is 0 Å². The van der Waals surface area contributed by atoms with Gasteiger partial charge >= 0.3 is 5.97 Å². The van der Waals surface area contributed by atoms with Gasteiger partial charge < -0.3 is 14.9 Å². The second-order valence-electron chi connectivity index (χ2n) is 6.22. The molecule has 1 aliphatic rings. The third-order valence-corrected chi connectivity index (χ3v) is 4.59. The molecule has 0 heterocycles. The molecule has 1 aromatic rings. The predicted octanol–water partition coefficient (Wildman–Crippen LogP) is 3.81. The summed E-state index contributed by atoms with van der Waals surface area (Å²) in [5.74, 6) is -0.260. The van der Waals surface area contributed by atoms with Crippen LogP contribution in [0.2, 0.25) is 0 Å². The van der Waals surface area contributed by atoms with E-state index in [4.69, 9.17) is 4.74 Å². The van der Waals surface area contributed by atoms with E-state index >= 15 is 0 Å². The van der Waals surface area contributed by atoms with Crippen molar-refractivity contribution in [3.05, 3.63) is 23.3 Å². The van der Waals surface area contributed by atoms with E-state index in [1.54, 1.807) is 6.07 Å². The van der Waals surface area contributed by atoms with Crippen molar-refractivity contribution in [3.63, 3.8) is 0 Å². The van der Waals surface area contributed by atoms with Crippen molar-refractivity contribution in [2.75, 3.05) is 7.11 Å². The summed E-state index contributed by atoms with van der Waals surface area (Å²) in [5, 5.41) is 20.1. The number of hydrogen-bond donors (Lipinski definition) is 2. The smallest absolute Gasteiger partial charge is 0.314 e. The Morgan fingerprint density at radius 1 is 1.24 bits per heavy atom. The van der Waals surface area contributed by atoms with Gasteiger partial charge in [-0.2, -0.15) is 0 Å². The van der Waals surface area contributed by atoms with Crippen LogP contribution in [0.25, 0.3) is 0 Å². The number of aromatic hydroxyl groups is 1. The van der Waals surface area contributed by atoms with Gasteiger partial charge in [0.05, 0.1) is 12.5 Å². The number of ether oxygens (including phenoxy) is 1. The van der Waals surface area contributed by atoms with Crippen LogP contribution in [0, 0.1) is 0 Å². The molecule has 0 aliphatic heterocycles. The van der Waals surface area contributed by atoms with Crippen molar-refractivity contribution in [3.8, 4) is 11.5 Å². The molecule has 1 fully saturated rings. The second kappa shape index (κ2) is 5.96. The van der Waals surface area contributed by atoms with E-state index in [-0.39, 0.29) is 11.7 Å². The largest absolute Gasteiger partial charge is 0.504 e. The van der Waals surface area contributed by atoms with Crippen molar-refractivity contribution < 1.29 is 19.7 Å². The van der Waals surface area contributed by atoms with E-state index in [0.29, 0.717) is 24.2 Å². The summed E-state index contributed by atoms with van der Waals surface area (Å²) in [4.78, 5) is 12.0. The van der Waals surface area contributed by atoms with Crippen LogP contribution in [0.1, 0.15) is 63.0 Å². The second-order valence-corrected chi connectivity index (χ2v) is 6.22. The Kier molecular flexibility index (Phi) is 4.45. The third kappa shape index (κ3) is 2.71. The summed E-state index contributed by atoms with van der Waals surface area (Å²) in [6.07, 6.45) is 4.04.